The van der Waals surface area contributed by atoms with E-state index < -0.39 is 0 Å². The minimum Gasteiger partial charge on any atom is -0.459 e. The number of hydrogen-bond donors (Lipinski definition) is 0. The van der Waals surface area contributed by atoms with Gasteiger partial charge in [0.15, 0.2) is 0 Å². The zero-order valence-electron chi connectivity index (χ0n) is 13.6. The molecule has 3 heterocycles. The van der Waals surface area contributed by atoms with Crippen molar-refractivity contribution in [2.75, 3.05) is 0 Å². The van der Waals surface area contributed by atoms with Crippen LogP contribution in [0.25, 0.3) is 20.5 Å². The minimum atomic E-state index is -0.290. The predicted molar refractivity (Wildman–Crippen MR) is 106 cm³/mol. The molecule has 3 aromatic heterocycles. The Hall–Kier alpha value is -2.35. The molecule has 130 valence electrons. The van der Waals surface area contributed by atoms with Crippen LogP contribution in [0.1, 0.15) is 11.4 Å². The van der Waals surface area contributed by atoms with Gasteiger partial charge in [-0.2, -0.15) is 0 Å². The first-order chi connectivity index (χ1) is 12.8. The summed E-state index contributed by atoms with van der Waals surface area (Å²) in [6, 6.07) is 14.0. The highest BCUT2D eigenvalue weighted by atomic mass is 32.1. The molecule has 0 saturated carbocycles. The molecule has 26 heavy (non-hydrogen) atoms. The van der Waals surface area contributed by atoms with E-state index >= 15 is 0 Å². The summed E-state index contributed by atoms with van der Waals surface area (Å²) in [7, 11) is 0. The highest BCUT2D eigenvalue weighted by Crippen LogP contribution is 2.28. The molecule has 0 aliphatic heterocycles. The van der Waals surface area contributed by atoms with Crippen molar-refractivity contribution in [1.29, 1.82) is 0 Å². The van der Waals surface area contributed by atoms with Gasteiger partial charge in [0.05, 0.1) is 22.7 Å². The summed E-state index contributed by atoms with van der Waals surface area (Å²) in [5, 5.41) is 7.72. The maximum Gasteiger partial charge on any atom is 0.312 e. The third-order valence-corrected chi connectivity index (χ3v) is 6.43. The Kier molecular flexibility index (Phi) is 5.19. The summed E-state index contributed by atoms with van der Waals surface area (Å²) < 4.78 is 5.35. The van der Waals surface area contributed by atoms with Gasteiger partial charge in [0, 0.05) is 16.3 Å². The van der Waals surface area contributed by atoms with E-state index in [9.17, 15) is 4.79 Å². The van der Waals surface area contributed by atoms with Gasteiger partial charge in [-0.15, -0.1) is 34.0 Å². The lowest BCUT2D eigenvalue weighted by molar-refractivity contribution is -0.144. The monoisotopic (exact) mass is 398 g/mol. The van der Waals surface area contributed by atoms with Crippen molar-refractivity contribution in [2.24, 2.45) is 0 Å². The largest absolute Gasteiger partial charge is 0.459 e. The van der Waals surface area contributed by atoms with Crippen LogP contribution in [0.5, 0.6) is 0 Å². The van der Waals surface area contributed by atoms with Crippen molar-refractivity contribution in [3.05, 3.63) is 70.0 Å². The fraction of sp³-hybridized carbons (Fsp3) is 0.105. The number of esters is 1. The molecule has 0 aliphatic carbocycles. The number of ether oxygens (including phenoxy) is 1. The molecular weight excluding hydrogens is 384 g/mol. The number of carbonyl (C=O) groups is 1. The van der Waals surface area contributed by atoms with E-state index in [0.717, 1.165) is 31.8 Å². The smallest absolute Gasteiger partial charge is 0.312 e. The van der Waals surface area contributed by atoms with Crippen molar-refractivity contribution in [2.45, 2.75) is 13.0 Å². The summed E-state index contributed by atoms with van der Waals surface area (Å²) in [4.78, 5) is 22.2. The molecule has 7 heteroatoms. The summed E-state index contributed by atoms with van der Waals surface area (Å²) in [6.07, 6.45) is 0.178. The molecule has 0 N–H and O–H groups in total. The molecule has 0 unspecified atom stereocenters. The topological polar surface area (TPSA) is 52.1 Å². The Morgan fingerprint density at radius 1 is 0.885 bits per heavy atom. The molecule has 0 spiro atoms. The number of thiophene rings is 1. The Morgan fingerprint density at radius 3 is 2.46 bits per heavy atom. The number of carbonyl (C=O) groups excluding carboxylic acids is 1. The van der Waals surface area contributed by atoms with E-state index in [1.165, 1.54) is 0 Å². The Balaban J connectivity index is 1.32. The quantitative estimate of drug-likeness (QED) is 0.415. The lowest BCUT2D eigenvalue weighted by Crippen LogP contribution is -2.08. The molecule has 0 amide bonds. The van der Waals surface area contributed by atoms with Gasteiger partial charge in [-0.25, -0.2) is 9.97 Å². The van der Waals surface area contributed by atoms with Crippen LogP contribution in [0.15, 0.2) is 58.6 Å². The van der Waals surface area contributed by atoms with Crippen LogP contribution in [0.4, 0.5) is 0 Å². The van der Waals surface area contributed by atoms with Crippen molar-refractivity contribution in [3.63, 3.8) is 0 Å². The lowest BCUT2D eigenvalue weighted by atomic mass is 10.2. The lowest BCUT2D eigenvalue weighted by Gasteiger charge is -2.01. The van der Waals surface area contributed by atoms with Crippen LogP contribution in [0.3, 0.4) is 0 Å². The Labute approximate surface area is 162 Å². The molecule has 0 radical (unpaired) electrons. The van der Waals surface area contributed by atoms with Crippen molar-refractivity contribution in [1.82, 2.24) is 9.97 Å². The molecule has 0 fully saturated rings. The van der Waals surface area contributed by atoms with E-state index in [-0.39, 0.29) is 19.0 Å². The number of rotatable bonds is 6. The SMILES string of the molecule is O=C(Cc1csc(-c2cccs2)n1)OCc1csc(-c2ccccc2)n1. The summed E-state index contributed by atoms with van der Waals surface area (Å²) >= 11 is 4.73. The Morgan fingerprint density at radius 2 is 1.65 bits per heavy atom. The van der Waals surface area contributed by atoms with Gasteiger partial charge in [-0.3, -0.25) is 4.79 Å². The van der Waals surface area contributed by atoms with E-state index in [4.69, 9.17) is 4.74 Å². The van der Waals surface area contributed by atoms with Crippen LogP contribution >= 0.6 is 34.0 Å². The second kappa shape index (κ2) is 7.90. The summed E-state index contributed by atoms with van der Waals surface area (Å²) in [5.74, 6) is -0.290. The maximum absolute atomic E-state index is 12.1. The summed E-state index contributed by atoms with van der Waals surface area (Å²) in [5.41, 5.74) is 2.57. The number of aromatic nitrogens is 2. The second-order valence-electron chi connectivity index (χ2n) is 5.47. The van der Waals surface area contributed by atoms with Crippen molar-refractivity contribution in [3.8, 4) is 20.5 Å². The maximum atomic E-state index is 12.1. The molecule has 0 saturated heterocycles. The van der Waals surface area contributed by atoms with Gasteiger partial charge < -0.3 is 4.74 Å². The molecule has 0 atom stereocenters. The van der Waals surface area contributed by atoms with Crippen LogP contribution in [-0.2, 0) is 22.6 Å². The molecule has 1 aromatic carbocycles. The number of nitrogens with zero attached hydrogens (tertiary/aromatic N) is 2. The average Bonchev–Trinajstić information content (AvgIpc) is 3.41. The number of thiazole rings is 2. The van der Waals surface area contributed by atoms with E-state index in [1.807, 2.05) is 58.6 Å². The molecule has 0 aliphatic rings. The van der Waals surface area contributed by atoms with Gasteiger partial charge >= 0.3 is 5.97 Å². The van der Waals surface area contributed by atoms with E-state index in [1.54, 1.807) is 34.0 Å². The summed E-state index contributed by atoms with van der Waals surface area (Å²) in [6.45, 7) is 0.185. The average molecular weight is 399 g/mol. The highest BCUT2D eigenvalue weighted by Gasteiger charge is 2.12. The zero-order chi connectivity index (χ0) is 17.8. The third-order valence-electron chi connectivity index (χ3n) is 3.56. The van der Waals surface area contributed by atoms with E-state index in [2.05, 4.69) is 9.97 Å². The van der Waals surface area contributed by atoms with E-state index in [0.29, 0.717) is 0 Å². The van der Waals surface area contributed by atoms with Gasteiger partial charge in [0.25, 0.3) is 0 Å². The fourth-order valence-electron chi connectivity index (χ4n) is 2.34. The van der Waals surface area contributed by atoms with Crippen LogP contribution < -0.4 is 0 Å². The second-order valence-corrected chi connectivity index (χ2v) is 8.13. The van der Waals surface area contributed by atoms with Gasteiger partial charge in [0.2, 0.25) is 0 Å². The third kappa shape index (κ3) is 4.07. The molecule has 0 bridgehead atoms. The number of benzene rings is 1. The van der Waals surface area contributed by atoms with Crippen molar-refractivity contribution >= 4 is 40.0 Å². The van der Waals surface area contributed by atoms with Crippen molar-refractivity contribution < 1.29 is 9.53 Å². The standard InChI is InChI=1S/C19H14N2O2S3/c22-17(9-14-11-26-19(20-14)16-7-4-8-24-16)23-10-15-12-25-18(21-15)13-5-2-1-3-6-13/h1-8,11-12H,9-10H2. The predicted octanol–water partition coefficient (Wildman–Crippen LogP) is 5.28. The Bertz CT molecular complexity index is 991. The van der Waals surface area contributed by atoms with Gasteiger partial charge in [-0.1, -0.05) is 36.4 Å². The fourth-order valence-corrected chi connectivity index (χ4v) is 4.79. The minimum absolute atomic E-state index is 0.178. The van der Waals surface area contributed by atoms with Crippen LogP contribution in [0, 0.1) is 0 Å². The highest BCUT2D eigenvalue weighted by molar-refractivity contribution is 7.20. The molecule has 4 rings (SSSR count). The molecule has 4 aromatic rings. The number of hydrogen-bond acceptors (Lipinski definition) is 7. The molecular formula is C19H14N2O2S3. The molecule has 4 nitrogen and oxygen atoms in total. The first-order valence-corrected chi connectivity index (χ1v) is 10.6. The van der Waals surface area contributed by atoms with Gasteiger partial charge in [0.1, 0.15) is 16.6 Å². The zero-order valence-corrected chi connectivity index (χ0v) is 16.1. The van der Waals surface area contributed by atoms with Crippen LogP contribution in [0.2, 0.25) is 0 Å². The first kappa shape index (κ1) is 17.1. The normalized spacial score (nSPS) is 10.8. The first-order valence-electron chi connectivity index (χ1n) is 7.91. The van der Waals surface area contributed by atoms with Gasteiger partial charge in [-0.05, 0) is 11.4 Å². The van der Waals surface area contributed by atoms with Crippen LogP contribution in [-0.4, -0.2) is 15.9 Å².